The zero-order chi connectivity index (χ0) is 14.3. The van der Waals surface area contributed by atoms with Gasteiger partial charge in [0.15, 0.2) is 0 Å². The average Bonchev–Trinajstić information content (AvgIpc) is 2.79. The molecular weight excluding hydrogens is 244 g/mol. The maximum Gasteiger partial charge on any atom is 0.237 e. The second-order valence-corrected chi connectivity index (χ2v) is 5.51. The van der Waals surface area contributed by atoms with Crippen LogP contribution in [0.3, 0.4) is 0 Å². The Morgan fingerprint density at radius 3 is 2.84 bits per heavy atom. The molecule has 1 aliphatic carbocycles. The van der Waals surface area contributed by atoms with E-state index in [1.54, 1.807) is 7.11 Å². The Labute approximate surface area is 116 Å². The van der Waals surface area contributed by atoms with Crippen molar-refractivity contribution in [2.75, 3.05) is 33.9 Å². The van der Waals surface area contributed by atoms with E-state index in [4.69, 9.17) is 4.74 Å². The van der Waals surface area contributed by atoms with Gasteiger partial charge >= 0.3 is 0 Å². The van der Waals surface area contributed by atoms with E-state index >= 15 is 0 Å². The number of ether oxygens (including phenoxy) is 1. The average molecular weight is 272 g/mol. The van der Waals surface area contributed by atoms with Gasteiger partial charge in [-0.15, -0.1) is 0 Å². The van der Waals surface area contributed by atoms with Crippen LogP contribution in [-0.4, -0.2) is 61.9 Å². The predicted molar refractivity (Wildman–Crippen MR) is 74.9 cm³/mol. The first-order valence-corrected chi connectivity index (χ1v) is 7.21. The van der Waals surface area contributed by atoms with Gasteiger partial charge in [0.25, 0.3) is 0 Å². The summed E-state index contributed by atoms with van der Waals surface area (Å²) in [6, 6.07) is -0.157. The number of rotatable bonds is 8. The molecule has 0 aromatic rings. The molecule has 1 aliphatic rings. The van der Waals surface area contributed by atoms with Gasteiger partial charge in [-0.3, -0.25) is 9.69 Å². The van der Waals surface area contributed by atoms with Crippen LogP contribution in [0.2, 0.25) is 0 Å². The van der Waals surface area contributed by atoms with Crippen molar-refractivity contribution >= 4 is 5.91 Å². The van der Waals surface area contributed by atoms with Crippen LogP contribution in [0.5, 0.6) is 0 Å². The highest BCUT2D eigenvalue weighted by molar-refractivity contribution is 5.81. The van der Waals surface area contributed by atoms with Gasteiger partial charge < -0.3 is 15.2 Å². The van der Waals surface area contributed by atoms with E-state index in [9.17, 15) is 9.90 Å². The normalized spacial score (nSPS) is 24.7. The van der Waals surface area contributed by atoms with Gasteiger partial charge in [-0.2, -0.15) is 0 Å². The fraction of sp³-hybridized carbons (Fsp3) is 0.929. The third-order valence-corrected chi connectivity index (χ3v) is 4.01. The van der Waals surface area contributed by atoms with Crippen molar-refractivity contribution in [2.45, 2.75) is 44.8 Å². The maximum atomic E-state index is 11.9. The number of nitrogens with zero attached hydrogens (tertiary/aromatic N) is 1. The lowest BCUT2D eigenvalue weighted by Gasteiger charge is -2.27. The summed E-state index contributed by atoms with van der Waals surface area (Å²) in [5.74, 6) is 0.361. The fourth-order valence-corrected chi connectivity index (χ4v) is 2.53. The van der Waals surface area contributed by atoms with Gasteiger partial charge in [0.2, 0.25) is 5.91 Å². The number of aliphatic hydroxyl groups is 1. The van der Waals surface area contributed by atoms with Gasteiger partial charge in [-0.1, -0.05) is 6.42 Å². The van der Waals surface area contributed by atoms with Crippen LogP contribution < -0.4 is 5.32 Å². The summed E-state index contributed by atoms with van der Waals surface area (Å²) in [7, 11) is 3.61. The Hall–Kier alpha value is -0.650. The van der Waals surface area contributed by atoms with Crippen LogP contribution in [0, 0.1) is 5.92 Å². The highest BCUT2D eigenvalue weighted by Crippen LogP contribution is 2.26. The molecule has 0 aromatic carbocycles. The number of hydrogen-bond donors (Lipinski definition) is 2. The molecule has 3 atom stereocenters. The van der Waals surface area contributed by atoms with E-state index in [2.05, 4.69) is 5.32 Å². The third-order valence-electron chi connectivity index (χ3n) is 4.01. The largest absolute Gasteiger partial charge is 0.393 e. The second-order valence-electron chi connectivity index (χ2n) is 5.51. The molecule has 0 spiro atoms. The Morgan fingerprint density at radius 1 is 1.53 bits per heavy atom. The summed E-state index contributed by atoms with van der Waals surface area (Å²) in [4.78, 5) is 14.0. The van der Waals surface area contributed by atoms with Gasteiger partial charge in [0.1, 0.15) is 0 Å². The standard InChI is InChI=1S/C14H28N2O3/c1-11(14(18)15-8-5-9-19-3)16(2)10-12-6-4-7-13(12)17/h11-13,17H,4-10H2,1-3H3,(H,15,18). The molecule has 0 heterocycles. The van der Waals surface area contributed by atoms with Crippen LogP contribution in [0.25, 0.3) is 0 Å². The number of nitrogens with one attached hydrogen (secondary N) is 1. The molecule has 19 heavy (non-hydrogen) atoms. The number of aliphatic hydroxyl groups excluding tert-OH is 1. The van der Waals surface area contributed by atoms with Crippen LogP contribution in [0.15, 0.2) is 0 Å². The third kappa shape index (κ3) is 5.47. The highest BCUT2D eigenvalue weighted by atomic mass is 16.5. The van der Waals surface area contributed by atoms with Crippen molar-refractivity contribution in [3.05, 3.63) is 0 Å². The molecule has 5 nitrogen and oxygen atoms in total. The molecule has 1 rings (SSSR count). The molecule has 0 bridgehead atoms. The van der Waals surface area contributed by atoms with Crippen molar-refractivity contribution < 1.29 is 14.6 Å². The summed E-state index contributed by atoms with van der Waals surface area (Å²) in [6.45, 7) is 4.01. The SMILES string of the molecule is COCCCNC(=O)C(C)N(C)CC1CCCC1O. The highest BCUT2D eigenvalue weighted by Gasteiger charge is 2.28. The molecule has 0 aromatic heterocycles. The minimum atomic E-state index is -0.195. The Bertz CT molecular complexity index is 273. The van der Waals surface area contributed by atoms with Crippen molar-refractivity contribution in [3.63, 3.8) is 0 Å². The second kappa shape index (κ2) is 8.51. The first-order valence-electron chi connectivity index (χ1n) is 7.21. The Balaban J connectivity index is 2.26. The Kier molecular flexibility index (Phi) is 7.34. The van der Waals surface area contributed by atoms with Crippen molar-refractivity contribution in [1.82, 2.24) is 10.2 Å². The van der Waals surface area contributed by atoms with Gasteiger partial charge in [0.05, 0.1) is 12.1 Å². The molecular formula is C14H28N2O3. The topological polar surface area (TPSA) is 61.8 Å². The minimum absolute atomic E-state index is 0.0473. The van der Waals surface area contributed by atoms with E-state index in [0.717, 1.165) is 32.2 Å². The van der Waals surface area contributed by atoms with E-state index in [1.807, 2.05) is 18.9 Å². The van der Waals surface area contributed by atoms with E-state index in [-0.39, 0.29) is 18.1 Å². The summed E-state index contributed by atoms with van der Waals surface area (Å²) in [6.07, 6.45) is 3.69. The summed E-state index contributed by atoms with van der Waals surface area (Å²) < 4.78 is 4.94. The van der Waals surface area contributed by atoms with Crippen LogP contribution >= 0.6 is 0 Å². The van der Waals surface area contributed by atoms with E-state index < -0.39 is 0 Å². The molecule has 1 saturated carbocycles. The molecule has 3 unspecified atom stereocenters. The van der Waals surface area contributed by atoms with Crippen molar-refractivity contribution in [2.24, 2.45) is 5.92 Å². The fourth-order valence-electron chi connectivity index (χ4n) is 2.53. The lowest BCUT2D eigenvalue weighted by atomic mass is 10.0. The van der Waals surface area contributed by atoms with Gasteiger partial charge in [0, 0.05) is 26.8 Å². The van der Waals surface area contributed by atoms with Gasteiger partial charge in [-0.25, -0.2) is 0 Å². The molecule has 0 radical (unpaired) electrons. The van der Waals surface area contributed by atoms with Crippen molar-refractivity contribution in [1.29, 1.82) is 0 Å². The van der Waals surface area contributed by atoms with Crippen LogP contribution in [0.4, 0.5) is 0 Å². The zero-order valence-electron chi connectivity index (χ0n) is 12.4. The number of hydrogen-bond acceptors (Lipinski definition) is 4. The quantitative estimate of drug-likeness (QED) is 0.636. The summed E-state index contributed by atoms with van der Waals surface area (Å²) in [5.41, 5.74) is 0. The first kappa shape index (κ1) is 16.4. The summed E-state index contributed by atoms with van der Waals surface area (Å²) in [5, 5.41) is 12.7. The van der Waals surface area contributed by atoms with E-state index in [1.165, 1.54) is 0 Å². The zero-order valence-corrected chi connectivity index (χ0v) is 12.4. The number of amides is 1. The smallest absolute Gasteiger partial charge is 0.237 e. The molecule has 0 aliphatic heterocycles. The predicted octanol–water partition coefficient (Wildman–Crippen LogP) is 0.620. The number of carbonyl (C=O) groups is 1. The number of methoxy groups -OCH3 is 1. The van der Waals surface area contributed by atoms with E-state index in [0.29, 0.717) is 19.1 Å². The molecule has 1 amide bonds. The molecule has 5 heteroatoms. The first-order chi connectivity index (χ1) is 9.06. The van der Waals surface area contributed by atoms with Crippen molar-refractivity contribution in [3.8, 4) is 0 Å². The Morgan fingerprint density at radius 2 is 2.26 bits per heavy atom. The van der Waals surface area contributed by atoms with Crippen LogP contribution in [0.1, 0.15) is 32.6 Å². The minimum Gasteiger partial charge on any atom is -0.393 e. The lowest BCUT2D eigenvalue weighted by Crippen LogP contribution is -2.46. The van der Waals surface area contributed by atoms with Gasteiger partial charge in [-0.05, 0) is 39.2 Å². The summed E-state index contributed by atoms with van der Waals surface area (Å²) >= 11 is 0. The molecule has 1 fully saturated rings. The monoisotopic (exact) mass is 272 g/mol. The molecule has 0 saturated heterocycles. The molecule has 112 valence electrons. The number of carbonyl (C=O) groups excluding carboxylic acids is 1. The number of likely N-dealkylation sites (N-methyl/N-ethyl adjacent to an activating group) is 1. The maximum absolute atomic E-state index is 11.9. The van der Waals surface area contributed by atoms with Crippen LogP contribution in [-0.2, 0) is 9.53 Å². The lowest BCUT2D eigenvalue weighted by molar-refractivity contribution is -0.125. The molecule has 2 N–H and O–H groups in total.